The number of non-ortho nitro benzene ring substituents is 1. The molecule has 124 valence electrons. The van der Waals surface area contributed by atoms with E-state index in [0.717, 1.165) is 0 Å². The average Bonchev–Trinajstić information content (AvgIpc) is 2.59. The number of nitrogens with zero attached hydrogens (tertiary/aromatic N) is 2. The maximum absolute atomic E-state index is 12.0. The molecule has 0 saturated carbocycles. The number of nitro benzene ring substituents is 1. The lowest BCUT2D eigenvalue weighted by atomic mass is 10.1. The van der Waals surface area contributed by atoms with E-state index in [9.17, 15) is 20.0 Å². The molecule has 0 aliphatic carbocycles. The number of benzene rings is 2. The Morgan fingerprint density at radius 1 is 1.25 bits per heavy atom. The second-order valence-corrected chi connectivity index (χ2v) is 4.83. The Balaban J connectivity index is 2.11. The minimum Gasteiger partial charge on any atom is -0.507 e. The molecule has 0 aliphatic heterocycles. The summed E-state index contributed by atoms with van der Waals surface area (Å²) in [5.41, 5.74) is 3.31. The van der Waals surface area contributed by atoms with Crippen molar-refractivity contribution >= 4 is 17.3 Å². The van der Waals surface area contributed by atoms with Crippen LogP contribution in [0.3, 0.4) is 0 Å². The molecule has 2 aromatic rings. The molecule has 2 rings (SSSR count). The first kappa shape index (κ1) is 16.9. The van der Waals surface area contributed by atoms with Crippen molar-refractivity contribution in [3.8, 4) is 11.5 Å². The standard InChI is InChI=1S/C16H15N3O5/c1-10(14-8-7-13(24-2)9-15(14)20)17-18-16(21)11-3-5-12(6-4-11)19(22)23/h3-9,20H,1-2H3,(H,18,21)/b17-10+. The minimum atomic E-state index is -0.545. The monoisotopic (exact) mass is 329 g/mol. The Bertz CT molecular complexity index is 800. The highest BCUT2D eigenvalue weighted by atomic mass is 16.6. The first-order valence-electron chi connectivity index (χ1n) is 6.89. The smallest absolute Gasteiger partial charge is 0.271 e. The number of rotatable bonds is 5. The predicted molar refractivity (Wildman–Crippen MR) is 87.4 cm³/mol. The second-order valence-electron chi connectivity index (χ2n) is 4.83. The highest BCUT2D eigenvalue weighted by Gasteiger charge is 2.10. The van der Waals surface area contributed by atoms with Crippen LogP contribution in [0.2, 0.25) is 0 Å². The number of ether oxygens (including phenoxy) is 1. The van der Waals surface area contributed by atoms with Gasteiger partial charge in [-0.1, -0.05) is 0 Å². The lowest BCUT2D eigenvalue weighted by Crippen LogP contribution is -2.19. The molecule has 0 saturated heterocycles. The molecule has 0 spiro atoms. The number of aromatic hydroxyl groups is 1. The number of phenolic OH excluding ortho intramolecular Hbond substituents is 1. The largest absolute Gasteiger partial charge is 0.507 e. The van der Waals surface area contributed by atoms with E-state index in [4.69, 9.17) is 4.74 Å². The fourth-order valence-electron chi connectivity index (χ4n) is 1.94. The second kappa shape index (κ2) is 7.23. The van der Waals surface area contributed by atoms with Gasteiger partial charge in [0.2, 0.25) is 0 Å². The first-order chi connectivity index (χ1) is 11.4. The van der Waals surface area contributed by atoms with Gasteiger partial charge < -0.3 is 9.84 Å². The van der Waals surface area contributed by atoms with Gasteiger partial charge in [-0.25, -0.2) is 5.43 Å². The van der Waals surface area contributed by atoms with Gasteiger partial charge in [-0.2, -0.15) is 5.10 Å². The van der Waals surface area contributed by atoms with E-state index in [1.165, 1.54) is 37.4 Å². The lowest BCUT2D eigenvalue weighted by Gasteiger charge is -2.07. The van der Waals surface area contributed by atoms with Crippen molar-refractivity contribution in [3.63, 3.8) is 0 Å². The van der Waals surface area contributed by atoms with E-state index in [1.54, 1.807) is 19.1 Å². The number of nitrogens with one attached hydrogen (secondary N) is 1. The molecule has 1 amide bonds. The van der Waals surface area contributed by atoms with Crippen LogP contribution >= 0.6 is 0 Å². The van der Waals surface area contributed by atoms with Crippen molar-refractivity contribution in [3.05, 3.63) is 63.7 Å². The van der Waals surface area contributed by atoms with Crippen molar-refractivity contribution in [2.75, 3.05) is 7.11 Å². The molecule has 2 aromatic carbocycles. The van der Waals surface area contributed by atoms with E-state index in [2.05, 4.69) is 10.5 Å². The molecule has 0 bridgehead atoms. The van der Waals surface area contributed by atoms with Crippen molar-refractivity contribution in [2.45, 2.75) is 6.92 Å². The number of nitro groups is 1. The normalized spacial score (nSPS) is 11.0. The van der Waals surface area contributed by atoms with E-state index >= 15 is 0 Å². The molecule has 8 nitrogen and oxygen atoms in total. The van der Waals surface area contributed by atoms with Gasteiger partial charge in [-0.05, 0) is 31.2 Å². The number of phenols is 1. The molecule has 0 heterocycles. The van der Waals surface area contributed by atoms with Crippen LogP contribution in [0.25, 0.3) is 0 Å². The SMILES string of the molecule is COc1ccc(/C(C)=N/NC(=O)c2ccc([N+](=O)[O-])cc2)c(O)c1. The summed E-state index contributed by atoms with van der Waals surface area (Å²) in [5, 5.41) is 24.4. The summed E-state index contributed by atoms with van der Waals surface area (Å²) in [5.74, 6) is -0.0450. The molecule has 0 unspecified atom stereocenters. The molecule has 0 aliphatic rings. The Labute approximate surface area is 137 Å². The molecular formula is C16H15N3O5. The maximum atomic E-state index is 12.0. The van der Waals surface area contributed by atoms with Crippen LogP contribution < -0.4 is 10.2 Å². The summed E-state index contributed by atoms with van der Waals surface area (Å²) in [6, 6.07) is 9.86. The molecule has 2 N–H and O–H groups in total. The van der Waals surface area contributed by atoms with Crippen molar-refractivity contribution in [1.29, 1.82) is 0 Å². The number of hydrogen-bond acceptors (Lipinski definition) is 6. The van der Waals surface area contributed by atoms with E-state index < -0.39 is 10.8 Å². The third-order valence-electron chi connectivity index (χ3n) is 3.26. The highest BCUT2D eigenvalue weighted by Crippen LogP contribution is 2.23. The summed E-state index contributed by atoms with van der Waals surface area (Å²) >= 11 is 0. The van der Waals surface area contributed by atoms with E-state index in [1.807, 2.05) is 0 Å². The van der Waals surface area contributed by atoms with Gasteiger partial charge in [0.1, 0.15) is 11.5 Å². The van der Waals surface area contributed by atoms with Gasteiger partial charge in [0.25, 0.3) is 11.6 Å². The van der Waals surface area contributed by atoms with Crippen LogP contribution in [0.4, 0.5) is 5.69 Å². The lowest BCUT2D eigenvalue weighted by molar-refractivity contribution is -0.384. The Kier molecular flexibility index (Phi) is 5.10. The number of hydrogen-bond donors (Lipinski definition) is 2. The summed E-state index contributed by atoms with van der Waals surface area (Å²) in [6.07, 6.45) is 0. The zero-order chi connectivity index (χ0) is 17.7. The van der Waals surface area contributed by atoms with Gasteiger partial charge in [0.05, 0.1) is 17.7 Å². The fourth-order valence-corrected chi connectivity index (χ4v) is 1.94. The maximum Gasteiger partial charge on any atom is 0.271 e. The van der Waals surface area contributed by atoms with Crippen molar-refractivity contribution < 1.29 is 19.6 Å². The van der Waals surface area contributed by atoms with E-state index in [-0.39, 0.29) is 17.0 Å². The average molecular weight is 329 g/mol. The number of carbonyl (C=O) groups excluding carboxylic acids is 1. The van der Waals surface area contributed by atoms with Crippen LogP contribution in [0.1, 0.15) is 22.8 Å². The highest BCUT2D eigenvalue weighted by molar-refractivity contribution is 6.02. The topological polar surface area (TPSA) is 114 Å². The molecule has 0 fully saturated rings. The van der Waals surface area contributed by atoms with E-state index in [0.29, 0.717) is 17.0 Å². The molecule has 0 radical (unpaired) electrons. The third kappa shape index (κ3) is 3.86. The summed E-state index contributed by atoms with van der Waals surface area (Å²) < 4.78 is 4.99. The third-order valence-corrected chi connectivity index (χ3v) is 3.26. The van der Waals surface area contributed by atoms with Gasteiger partial charge >= 0.3 is 0 Å². The van der Waals surface area contributed by atoms with Gasteiger partial charge in [0, 0.05) is 29.3 Å². The Hall–Kier alpha value is -3.42. The number of hydrazone groups is 1. The summed E-state index contributed by atoms with van der Waals surface area (Å²) in [7, 11) is 1.49. The van der Waals surface area contributed by atoms with Crippen LogP contribution in [0, 0.1) is 10.1 Å². The summed E-state index contributed by atoms with van der Waals surface area (Å²) in [4.78, 5) is 22.0. The number of methoxy groups -OCH3 is 1. The zero-order valence-electron chi connectivity index (χ0n) is 13.0. The molecule has 0 aromatic heterocycles. The Morgan fingerprint density at radius 2 is 1.92 bits per heavy atom. The first-order valence-corrected chi connectivity index (χ1v) is 6.89. The fraction of sp³-hybridized carbons (Fsp3) is 0.125. The van der Waals surface area contributed by atoms with Crippen molar-refractivity contribution in [1.82, 2.24) is 5.43 Å². The minimum absolute atomic E-state index is 0.0276. The summed E-state index contributed by atoms with van der Waals surface area (Å²) in [6.45, 7) is 1.62. The predicted octanol–water partition coefficient (Wildman–Crippen LogP) is 2.46. The van der Waals surface area contributed by atoms with Gasteiger partial charge in [0.15, 0.2) is 0 Å². The molecule has 0 atom stereocenters. The molecule has 8 heteroatoms. The number of amides is 1. The molecular weight excluding hydrogens is 314 g/mol. The van der Waals surface area contributed by atoms with Crippen molar-refractivity contribution in [2.24, 2.45) is 5.10 Å². The van der Waals surface area contributed by atoms with Gasteiger partial charge in [-0.15, -0.1) is 0 Å². The quantitative estimate of drug-likeness (QED) is 0.497. The van der Waals surface area contributed by atoms with Crippen LogP contribution in [-0.4, -0.2) is 28.8 Å². The molecule has 24 heavy (non-hydrogen) atoms. The van der Waals surface area contributed by atoms with Gasteiger partial charge in [-0.3, -0.25) is 14.9 Å². The van der Waals surface area contributed by atoms with Crippen LogP contribution in [0.5, 0.6) is 11.5 Å². The van der Waals surface area contributed by atoms with Crippen LogP contribution in [0.15, 0.2) is 47.6 Å². The van der Waals surface area contributed by atoms with Crippen LogP contribution in [-0.2, 0) is 0 Å². The zero-order valence-corrected chi connectivity index (χ0v) is 13.0. The number of carbonyl (C=O) groups is 1. The Morgan fingerprint density at radius 3 is 2.46 bits per heavy atom.